The molecular formula is C28H26ClN3O3S. The number of hydrogen-bond acceptors (Lipinski definition) is 5. The predicted octanol–water partition coefficient (Wildman–Crippen LogP) is 6.39. The van der Waals surface area contributed by atoms with E-state index in [1.165, 1.54) is 11.8 Å². The lowest BCUT2D eigenvalue weighted by molar-refractivity contribution is -0.114. The van der Waals surface area contributed by atoms with Gasteiger partial charge in [0.2, 0.25) is 5.91 Å². The van der Waals surface area contributed by atoms with Gasteiger partial charge < -0.3 is 10.1 Å². The fourth-order valence-electron chi connectivity index (χ4n) is 3.80. The number of amidine groups is 1. The van der Waals surface area contributed by atoms with E-state index in [0.717, 1.165) is 28.0 Å². The number of hydrogen-bond donors (Lipinski definition) is 1. The summed E-state index contributed by atoms with van der Waals surface area (Å²) in [4.78, 5) is 32.4. The van der Waals surface area contributed by atoms with Crippen LogP contribution in [0.1, 0.15) is 22.3 Å². The normalized spacial score (nSPS) is 14.2. The van der Waals surface area contributed by atoms with Gasteiger partial charge >= 0.3 is 0 Å². The Kier molecular flexibility index (Phi) is 7.82. The summed E-state index contributed by atoms with van der Waals surface area (Å²) in [6.07, 6.45) is 1.74. The Morgan fingerprint density at radius 2 is 1.75 bits per heavy atom. The van der Waals surface area contributed by atoms with Crippen LogP contribution >= 0.6 is 23.4 Å². The number of aliphatic imine (C=N–C) groups is 1. The first-order valence-corrected chi connectivity index (χ1v) is 12.7. The molecule has 36 heavy (non-hydrogen) atoms. The third-order valence-electron chi connectivity index (χ3n) is 5.52. The van der Waals surface area contributed by atoms with Crippen LogP contribution in [0.3, 0.4) is 0 Å². The molecule has 0 spiro atoms. The number of ether oxygens (including phenoxy) is 1. The van der Waals surface area contributed by atoms with E-state index >= 15 is 0 Å². The molecule has 0 saturated carbocycles. The third-order valence-corrected chi connectivity index (χ3v) is 6.69. The fourth-order valence-corrected chi connectivity index (χ4v) is 4.79. The summed E-state index contributed by atoms with van der Waals surface area (Å²) in [6, 6.07) is 18.6. The molecule has 0 aliphatic carbocycles. The van der Waals surface area contributed by atoms with Gasteiger partial charge in [-0.05, 0) is 85.5 Å². The van der Waals surface area contributed by atoms with Crippen LogP contribution in [0, 0.1) is 20.8 Å². The summed E-state index contributed by atoms with van der Waals surface area (Å²) >= 11 is 7.29. The molecule has 0 radical (unpaired) electrons. The van der Waals surface area contributed by atoms with Crippen molar-refractivity contribution in [1.82, 2.24) is 0 Å². The number of nitrogens with one attached hydrogen (secondary N) is 1. The molecule has 1 aliphatic heterocycles. The Morgan fingerprint density at radius 3 is 2.42 bits per heavy atom. The lowest BCUT2D eigenvalue weighted by atomic mass is 10.1. The lowest BCUT2D eigenvalue weighted by Crippen LogP contribution is -2.31. The van der Waals surface area contributed by atoms with Gasteiger partial charge in [0.05, 0.1) is 18.6 Å². The zero-order valence-corrected chi connectivity index (χ0v) is 22.0. The number of thioether (sulfide) groups is 1. The molecule has 6 nitrogen and oxygen atoms in total. The molecule has 184 valence electrons. The van der Waals surface area contributed by atoms with Gasteiger partial charge in [-0.2, -0.15) is 0 Å². The molecule has 2 amide bonds. The van der Waals surface area contributed by atoms with Gasteiger partial charge in [-0.1, -0.05) is 47.6 Å². The van der Waals surface area contributed by atoms with Gasteiger partial charge in [0.25, 0.3) is 5.91 Å². The van der Waals surface area contributed by atoms with Gasteiger partial charge in [0, 0.05) is 10.7 Å². The van der Waals surface area contributed by atoms with E-state index in [2.05, 4.69) is 10.3 Å². The van der Waals surface area contributed by atoms with Crippen molar-refractivity contribution in [3.05, 3.63) is 93.6 Å². The Hall–Kier alpha value is -3.55. The first kappa shape index (κ1) is 25.5. The molecule has 0 fully saturated rings. The van der Waals surface area contributed by atoms with E-state index in [9.17, 15) is 9.59 Å². The quantitative estimate of drug-likeness (QED) is 0.383. The fraction of sp³-hybridized carbons (Fsp3) is 0.179. The average Bonchev–Trinajstić information content (AvgIpc) is 3.14. The van der Waals surface area contributed by atoms with E-state index in [1.807, 2.05) is 69.3 Å². The number of carbonyl (C=O) groups is 2. The topological polar surface area (TPSA) is 71.0 Å². The highest BCUT2D eigenvalue weighted by Crippen LogP contribution is 2.31. The summed E-state index contributed by atoms with van der Waals surface area (Å²) in [5, 5.41) is 3.88. The van der Waals surface area contributed by atoms with Gasteiger partial charge in [-0.15, -0.1) is 0 Å². The zero-order valence-electron chi connectivity index (χ0n) is 20.5. The van der Waals surface area contributed by atoms with E-state index < -0.39 is 0 Å². The van der Waals surface area contributed by atoms with Crippen molar-refractivity contribution < 1.29 is 14.3 Å². The molecule has 0 aromatic heterocycles. The van der Waals surface area contributed by atoms with Crippen LogP contribution in [0.4, 0.5) is 11.4 Å². The van der Waals surface area contributed by atoms with Gasteiger partial charge in [0.1, 0.15) is 11.4 Å². The largest absolute Gasteiger partial charge is 0.497 e. The monoisotopic (exact) mass is 519 g/mol. The number of rotatable bonds is 6. The maximum Gasteiger partial charge on any atom is 0.283 e. The van der Waals surface area contributed by atoms with Crippen LogP contribution in [-0.2, 0) is 9.59 Å². The van der Waals surface area contributed by atoms with Crippen molar-refractivity contribution in [3.8, 4) is 5.75 Å². The number of anilines is 2. The highest BCUT2D eigenvalue weighted by Gasteiger charge is 2.32. The second-order valence-corrected chi connectivity index (χ2v) is 9.86. The molecule has 1 N–H and O–H groups in total. The van der Waals surface area contributed by atoms with E-state index in [0.29, 0.717) is 27.3 Å². The van der Waals surface area contributed by atoms with Gasteiger partial charge in [0.15, 0.2) is 5.17 Å². The molecule has 0 saturated heterocycles. The minimum atomic E-state index is -0.246. The Bertz CT molecular complexity index is 1360. The number of benzene rings is 3. The van der Waals surface area contributed by atoms with Crippen LogP contribution in [0.5, 0.6) is 5.75 Å². The number of amides is 2. The number of halogens is 1. The molecule has 0 atom stereocenters. The Balaban J connectivity index is 1.60. The van der Waals surface area contributed by atoms with Crippen LogP contribution in [0.25, 0.3) is 6.08 Å². The summed E-state index contributed by atoms with van der Waals surface area (Å²) in [5.41, 5.74) is 5.47. The number of methoxy groups -OCH3 is 1. The average molecular weight is 520 g/mol. The van der Waals surface area contributed by atoms with Crippen LogP contribution in [-0.4, -0.2) is 29.8 Å². The Morgan fingerprint density at radius 1 is 1.06 bits per heavy atom. The van der Waals surface area contributed by atoms with E-state index in [1.54, 1.807) is 30.2 Å². The molecule has 0 bridgehead atoms. The molecule has 3 aromatic carbocycles. The first-order valence-electron chi connectivity index (χ1n) is 11.3. The molecule has 4 rings (SSSR count). The lowest BCUT2D eigenvalue weighted by Gasteiger charge is -2.19. The van der Waals surface area contributed by atoms with E-state index in [-0.39, 0.29) is 17.6 Å². The summed E-state index contributed by atoms with van der Waals surface area (Å²) in [5.74, 6) is 0.347. The van der Waals surface area contributed by atoms with E-state index in [4.69, 9.17) is 16.3 Å². The van der Waals surface area contributed by atoms with Gasteiger partial charge in [-0.3, -0.25) is 14.5 Å². The minimum Gasteiger partial charge on any atom is -0.497 e. The molecule has 3 aromatic rings. The summed E-state index contributed by atoms with van der Waals surface area (Å²) in [7, 11) is 1.60. The maximum absolute atomic E-state index is 13.5. The van der Waals surface area contributed by atoms with Crippen LogP contribution in [0.2, 0.25) is 5.02 Å². The number of aryl methyl sites for hydroxylation is 3. The zero-order chi connectivity index (χ0) is 25.8. The molecule has 1 aliphatic rings. The van der Waals surface area contributed by atoms with Crippen molar-refractivity contribution in [2.24, 2.45) is 4.99 Å². The van der Waals surface area contributed by atoms with Crippen molar-refractivity contribution in [2.75, 3.05) is 23.1 Å². The third kappa shape index (κ3) is 5.98. The molecule has 0 unspecified atom stereocenters. The smallest absolute Gasteiger partial charge is 0.283 e. The summed E-state index contributed by atoms with van der Waals surface area (Å²) in [6.45, 7) is 5.86. The van der Waals surface area contributed by atoms with Crippen LogP contribution in [0.15, 0.2) is 71.4 Å². The van der Waals surface area contributed by atoms with Gasteiger partial charge in [-0.25, -0.2) is 4.99 Å². The highest BCUT2D eigenvalue weighted by molar-refractivity contribution is 8.14. The van der Waals surface area contributed by atoms with Crippen LogP contribution < -0.4 is 15.0 Å². The molecule has 8 heteroatoms. The second-order valence-electron chi connectivity index (χ2n) is 8.48. The predicted molar refractivity (Wildman–Crippen MR) is 149 cm³/mol. The summed E-state index contributed by atoms with van der Waals surface area (Å²) < 4.78 is 5.21. The standard InChI is InChI=1S/C28H26ClN3O3S/c1-17-11-18(2)13-22(12-17)32-27(34)25(14-20-6-9-23(35-4)10-7-20)31-28(32)36-16-26(33)30-24-15-21(29)8-5-19(24)3/h5-15H,16H2,1-4H3,(H,30,33). The second kappa shape index (κ2) is 11.0. The number of carbonyl (C=O) groups excluding carboxylic acids is 2. The Labute approximate surface area is 220 Å². The first-order chi connectivity index (χ1) is 17.2. The van der Waals surface area contributed by atoms with Crippen molar-refractivity contribution in [3.63, 3.8) is 0 Å². The minimum absolute atomic E-state index is 0.0786. The maximum atomic E-state index is 13.5. The van der Waals surface area contributed by atoms with Crippen molar-refractivity contribution >= 4 is 57.8 Å². The molecule has 1 heterocycles. The van der Waals surface area contributed by atoms with Crippen molar-refractivity contribution in [2.45, 2.75) is 20.8 Å². The molecular weight excluding hydrogens is 494 g/mol. The highest BCUT2D eigenvalue weighted by atomic mass is 35.5. The SMILES string of the molecule is COc1ccc(C=C2N=C(SCC(=O)Nc3cc(Cl)ccc3C)N(c3cc(C)cc(C)c3)C2=O)cc1. The number of nitrogens with zero attached hydrogens (tertiary/aromatic N) is 2. The van der Waals surface area contributed by atoms with Crippen molar-refractivity contribution in [1.29, 1.82) is 0 Å².